The zero-order chi connectivity index (χ0) is 23.1. The highest BCUT2D eigenvalue weighted by molar-refractivity contribution is 6.30. The van der Waals surface area contributed by atoms with Crippen LogP contribution >= 0.6 is 11.6 Å². The van der Waals surface area contributed by atoms with Gasteiger partial charge in [0.25, 0.3) is 0 Å². The van der Waals surface area contributed by atoms with E-state index in [0.29, 0.717) is 16.5 Å². The molecule has 3 aromatic rings. The molecule has 0 aliphatic heterocycles. The van der Waals surface area contributed by atoms with Crippen LogP contribution in [-0.4, -0.2) is 29.4 Å². The Morgan fingerprint density at radius 2 is 1.53 bits per heavy atom. The molecule has 0 fully saturated rings. The fourth-order valence-electron chi connectivity index (χ4n) is 3.32. The second-order valence-electron chi connectivity index (χ2n) is 8.01. The normalized spacial score (nSPS) is 11.0. The lowest BCUT2D eigenvalue weighted by Crippen LogP contribution is -2.55. The largest absolute Gasteiger partial charge is 0.497 e. The van der Waals surface area contributed by atoms with Gasteiger partial charge >= 0.3 is 0 Å². The van der Waals surface area contributed by atoms with Gasteiger partial charge in [0.15, 0.2) is 0 Å². The van der Waals surface area contributed by atoms with Crippen LogP contribution in [0.1, 0.15) is 25.0 Å². The Labute approximate surface area is 194 Å². The summed E-state index contributed by atoms with van der Waals surface area (Å²) in [6, 6.07) is 23.9. The Bertz CT molecular complexity index is 1050. The van der Waals surface area contributed by atoms with Crippen molar-refractivity contribution in [2.75, 3.05) is 12.4 Å². The fourth-order valence-corrected chi connectivity index (χ4v) is 3.44. The maximum atomic E-state index is 13.4. The summed E-state index contributed by atoms with van der Waals surface area (Å²) < 4.78 is 5.17. The molecule has 0 atom stereocenters. The number of carbonyl (C=O) groups excluding carboxylic acids is 2. The van der Waals surface area contributed by atoms with Crippen LogP contribution in [0, 0.1) is 0 Å². The Hall–Kier alpha value is -3.31. The minimum Gasteiger partial charge on any atom is -0.497 e. The average molecular weight is 451 g/mol. The zero-order valence-corrected chi connectivity index (χ0v) is 19.2. The summed E-state index contributed by atoms with van der Waals surface area (Å²) in [6.07, 6.45) is 0.202. The van der Waals surface area contributed by atoms with Gasteiger partial charge in [-0.25, -0.2) is 0 Å². The van der Waals surface area contributed by atoms with Gasteiger partial charge in [-0.1, -0.05) is 54.1 Å². The molecule has 0 saturated carbocycles. The molecule has 0 radical (unpaired) electrons. The first kappa shape index (κ1) is 23.4. The minimum absolute atomic E-state index is 0.138. The SMILES string of the molecule is COc1ccc(NC(=O)C(C)(C)N(Cc2ccc(Cl)cc2)C(=O)Cc2ccccc2)cc1. The third kappa shape index (κ3) is 5.89. The van der Waals surface area contributed by atoms with Crippen LogP contribution in [0.4, 0.5) is 5.69 Å². The van der Waals surface area contributed by atoms with Crippen LogP contribution in [0.2, 0.25) is 5.02 Å². The van der Waals surface area contributed by atoms with E-state index in [9.17, 15) is 9.59 Å². The molecular formula is C26H27ClN2O3. The lowest BCUT2D eigenvalue weighted by atomic mass is 9.98. The molecule has 3 rings (SSSR count). The van der Waals surface area contributed by atoms with Crippen molar-refractivity contribution in [3.63, 3.8) is 0 Å². The predicted molar refractivity (Wildman–Crippen MR) is 128 cm³/mol. The van der Waals surface area contributed by atoms with Crippen LogP contribution < -0.4 is 10.1 Å². The molecule has 1 N–H and O–H groups in total. The predicted octanol–water partition coefficient (Wildman–Crippen LogP) is 5.34. The number of amides is 2. The summed E-state index contributed by atoms with van der Waals surface area (Å²) in [5, 5.41) is 3.54. The first-order chi connectivity index (χ1) is 15.3. The van der Waals surface area contributed by atoms with Gasteiger partial charge < -0.3 is 15.0 Å². The van der Waals surface area contributed by atoms with Gasteiger partial charge in [-0.05, 0) is 61.4 Å². The van der Waals surface area contributed by atoms with Gasteiger partial charge in [-0.3, -0.25) is 9.59 Å². The second-order valence-corrected chi connectivity index (χ2v) is 8.45. The topological polar surface area (TPSA) is 58.6 Å². The molecule has 0 spiro atoms. The molecule has 166 valence electrons. The van der Waals surface area contributed by atoms with Gasteiger partial charge in [0.1, 0.15) is 11.3 Å². The molecule has 6 heteroatoms. The number of carbonyl (C=O) groups is 2. The van der Waals surface area contributed by atoms with Crippen LogP contribution in [0.5, 0.6) is 5.75 Å². The number of benzene rings is 3. The van der Waals surface area contributed by atoms with Gasteiger partial charge in [0.05, 0.1) is 13.5 Å². The molecule has 5 nitrogen and oxygen atoms in total. The summed E-state index contributed by atoms with van der Waals surface area (Å²) in [6.45, 7) is 3.79. The first-order valence-corrected chi connectivity index (χ1v) is 10.7. The molecule has 0 bridgehead atoms. The number of nitrogens with zero attached hydrogens (tertiary/aromatic N) is 1. The number of hydrogen-bond acceptors (Lipinski definition) is 3. The summed E-state index contributed by atoms with van der Waals surface area (Å²) in [4.78, 5) is 28.3. The van der Waals surface area contributed by atoms with Crippen molar-refractivity contribution < 1.29 is 14.3 Å². The van der Waals surface area contributed by atoms with E-state index in [1.807, 2.05) is 42.5 Å². The third-order valence-corrected chi connectivity index (χ3v) is 5.58. The Morgan fingerprint density at radius 1 is 0.906 bits per heavy atom. The number of ether oxygens (including phenoxy) is 1. The minimum atomic E-state index is -1.11. The summed E-state index contributed by atoms with van der Waals surface area (Å²) in [7, 11) is 1.59. The Kier molecular flexibility index (Phi) is 7.54. The van der Waals surface area contributed by atoms with E-state index < -0.39 is 5.54 Å². The number of hydrogen-bond donors (Lipinski definition) is 1. The van der Waals surface area contributed by atoms with Crippen LogP contribution in [0.15, 0.2) is 78.9 Å². The van der Waals surface area contributed by atoms with Crippen molar-refractivity contribution in [2.45, 2.75) is 32.4 Å². The number of rotatable bonds is 8. The van der Waals surface area contributed by atoms with E-state index in [2.05, 4.69) is 5.32 Å². The van der Waals surface area contributed by atoms with Gasteiger partial charge in [-0.2, -0.15) is 0 Å². The van der Waals surface area contributed by atoms with E-state index in [1.54, 1.807) is 62.3 Å². The molecule has 3 aromatic carbocycles. The highest BCUT2D eigenvalue weighted by Crippen LogP contribution is 2.24. The van der Waals surface area contributed by atoms with E-state index in [4.69, 9.17) is 16.3 Å². The van der Waals surface area contributed by atoms with Crippen molar-refractivity contribution in [3.8, 4) is 5.75 Å². The third-order valence-electron chi connectivity index (χ3n) is 5.33. The monoisotopic (exact) mass is 450 g/mol. The summed E-state index contributed by atoms with van der Waals surface area (Å²) in [5.74, 6) is 0.281. The first-order valence-electron chi connectivity index (χ1n) is 10.3. The van der Waals surface area contributed by atoms with Crippen molar-refractivity contribution in [3.05, 3.63) is 95.0 Å². The average Bonchev–Trinajstić information content (AvgIpc) is 2.79. The molecule has 0 aliphatic rings. The molecular weight excluding hydrogens is 424 g/mol. The number of anilines is 1. The Morgan fingerprint density at radius 3 is 2.12 bits per heavy atom. The summed E-state index contributed by atoms with van der Waals surface area (Å²) >= 11 is 6.02. The Balaban J connectivity index is 1.85. The standard InChI is InChI=1S/C26H27ClN2O3/c1-26(2,25(31)28-22-13-15-23(32-3)16-14-22)29(18-20-9-11-21(27)12-10-20)24(30)17-19-7-5-4-6-8-19/h4-16H,17-18H2,1-3H3,(H,28,31). The number of methoxy groups -OCH3 is 1. The molecule has 32 heavy (non-hydrogen) atoms. The molecule has 0 aromatic heterocycles. The quantitative estimate of drug-likeness (QED) is 0.504. The highest BCUT2D eigenvalue weighted by atomic mass is 35.5. The smallest absolute Gasteiger partial charge is 0.249 e. The summed E-state index contributed by atoms with van der Waals surface area (Å²) in [5.41, 5.74) is 1.31. The lowest BCUT2D eigenvalue weighted by Gasteiger charge is -2.37. The second kappa shape index (κ2) is 10.3. The van der Waals surface area contributed by atoms with Gasteiger partial charge in [-0.15, -0.1) is 0 Å². The van der Waals surface area contributed by atoms with Crippen molar-refractivity contribution in [1.82, 2.24) is 4.90 Å². The maximum absolute atomic E-state index is 13.4. The van der Waals surface area contributed by atoms with E-state index in [1.165, 1.54) is 0 Å². The van der Waals surface area contributed by atoms with E-state index >= 15 is 0 Å². The fraction of sp³-hybridized carbons (Fsp3) is 0.231. The molecule has 2 amide bonds. The van der Waals surface area contributed by atoms with E-state index in [-0.39, 0.29) is 24.8 Å². The number of halogens is 1. The zero-order valence-electron chi connectivity index (χ0n) is 18.5. The molecule has 0 aliphatic carbocycles. The van der Waals surface area contributed by atoms with Crippen molar-refractivity contribution in [1.29, 1.82) is 0 Å². The molecule has 0 heterocycles. The molecule has 0 saturated heterocycles. The maximum Gasteiger partial charge on any atom is 0.249 e. The van der Waals surface area contributed by atoms with Crippen LogP contribution in [0.3, 0.4) is 0 Å². The van der Waals surface area contributed by atoms with Crippen molar-refractivity contribution >= 4 is 29.1 Å². The van der Waals surface area contributed by atoms with Crippen LogP contribution in [0.25, 0.3) is 0 Å². The number of nitrogens with one attached hydrogen (secondary N) is 1. The molecule has 0 unspecified atom stereocenters. The van der Waals surface area contributed by atoms with Gasteiger partial charge in [0, 0.05) is 17.3 Å². The van der Waals surface area contributed by atoms with Crippen LogP contribution in [-0.2, 0) is 22.6 Å². The van der Waals surface area contributed by atoms with E-state index in [0.717, 1.165) is 11.1 Å². The highest BCUT2D eigenvalue weighted by Gasteiger charge is 2.37. The van der Waals surface area contributed by atoms with Crippen molar-refractivity contribution in [2.24, 2.45) is 0 Å². The van der Waals surface area contributed by atoms with Gasteiger partial charge in [0.2, 0.25) is 11.8 Å². The lowest BCUT2D eigenvalue weighted by molar-refractivity contribution is -0.144.